The molecule has 0 spiro atoms. The van der Waals surface area contributed by atoms with E-state index >= 15 is 0 Å². The molecule has 1 aliphatic rings. The van der Waals surface area contributed by atoms with Crippen LogP contribution < -0.4 is 0 Å². The van der Waals surface area contributed by atoms with Gasteiger partial charge in [-0.1, -0.05) is 36.4 Å². The smallest absolute Gasteiger partial charge is 0.312 e. The van der Waals surface area contributed by atoms with Crippen LogP contribution in [-0.2, 0) is 6.42 Å². The topological polar surface area (TPSA) is 101 Å². The first-order valence-electron chi connectivity index (χ1n) is 9.98. The second-order valence-electron chi connectivity index (χ2n) is 7.38. The number of furan rings is 1. The number of benzene rings is 2. The minimum atomic E-state index is -0.484. The van der Waals surface area contributed by atoms with Gasteiger partial charge in [0.1, 0.15) is 17.4 Å². The molecule has 1 amide bonds. The summed E-state index contributed by atoms with van der Waals surface area (Å²) in [7, 11) is 0. The fourth-order valence-corrected chi connectivity index (χ4v) is 4.05. The number of hydrogen-bond acceptors (Lipinski definition) is 6. The van der Waals surface area contributed by atoms with E-state index in [1.54, 1.807) is 11.2 Å². The summed E-state index contributed by atoms with van der Waals surface area (Å²) in [6.45, 7) is 0.471. The fraction of sp³-hybridized carbons (Fsp3) is 0.130. The van der Waals surface area contributed by atoms with Crippen molar-refractivity contribution in [3.63, 3.8) is 0 Å². The van der Waals surface area contributed by atoms with Gasteiger partial charge in [0.2, 0.25) is 5.89 Å². The molecule has 1 N–H and O–H groups in total. The first kappa shape index (κ1) is 17.6. The number of nitrogens with zero attached hydrogens (tertiary/aromatic N) is 4. The summed E-state index contributed by atoms with van der Waals surface area (Å²) in [4.78, 5) is 22.8. The average molecular weight is 411 g/mol. The van der Waals surface area contributed by atoms with Gasteiger partial charge in [-0.2, -0.15) is 0 Å². The molecule has 152 valence electrons. The molecule has 0 radical (unpaired) electrons. The van der Waals surface area contributed by atoms with Gasteiger partial charge >= 0.3 is 11.8 Å². The van der Waals surface area contributed by atoms with Crippen LogP contribution in [0.25, 0.3) is 22.4 Å². The summed E-state index contributed by atoms with van der Waals surface area (Å²) >= 11 is 0. The zero-order valence-electron chi connectivity index (χ0n) is 16.4. The zero-order valence-corrected chi connectivity index (χ0v) is 16.4. The molecule has 1 aliphatic heterocycles. The maximum absolute atomic E-state index is 13.4. The molecule has 0 fully saturated rings. The maximum Gasteiger partial charge on any atom is 0.312 e. The molecule has 3 aromatic heterocycles. The lowest BCUT2D eigenvalue weighted by Gasteiger charge is -2.32. The third kappa shape index (κ3) is 2.92. The fourth-order valence-electron chi connectivity index (χ4n) is 4.05. The van der Waals surface area contributed by atoms with Gasteiger partial charge in [0.25, 0.3) is 0 Å². The lowest BCUT2D eigenvalue weighted by Crippen LogP contribution is -2.40. The Labute approximate surface area is 176 Å². The highest BCUT2D eigenvalue weighted by atomic mass is 16.4. The average Bonchev–Trinajstić information content (AvgIpc) is 3.57. The molecule has 0 saturated carbocycles. The Morgan fingerprint density at radius 2 is 1.87 bits per heavy atom. The first-order chi connectivity index (χ1) is 15.3. The second kappa shape index (κ2) is 6.94. The van der Waals surface area contributed by atoms with Crippen molar-refractivity contribution < 1.29 is 13.6 Å². The number of rotatable bonds is 3. The van der Waals surface area contributed by atoms with Crippen LogP contribution in [0.3, 0.4) is 0 Å². The lowest BCUT2D eigenvalue weighted by molar-refractivity contribution is 0.0632. The number of aromatic nitrogens is 4. The largest absolute Gasteiger partial charge is 0.458 e. The number of H-pyrrole nitrogens is 1. The Balaban J connectivity index is 1.40. The highest BCUT2D eigenvalue weighted by Gasteiger charge is 2.38. The molecule has 6 rings (SSSR count). The van der Waals surface area contributed by atoms with Crippen molar-refractivity contribution in [2.45, 2.75) is 12.5 Å². The Morgan fingerprint density at radius 3 is 2.74 bits per heavy atom. The van der Waals surface area contributed by atoms with Crippen LogP contribution >= 0.6 is 0 Å². The summed E-state index contributed by atoms with van der Waals surface area (Å²) in [6.07, 6.45) is 2.30. The summed E-state index contributed by atoms with van der Waals surface area (Å²) in [5.74, 6) is 0.542. The van der Waals surface area contributed by atoms with Crippen molar-refractivity contribution in [3.8, 4) is 11.5 Å². The van der Waals surface area contributed by atoms with Crippen molar-refractivity contribution in [1.29, 1.82) is 0 Å². The van der Waals surface area contributed by atoms with Crippen molar-refractivity contribution in [2.75, 3.05) is 6.54 Å². The standard InChI is InChI=1S/C23H17N5O3/c29-23(22-27-26-21(31-22)14-6-2-1-3-7-14)28-11-10-16-19(25-13-24-16)20(28)18-12-15-8-4-5-9-17(15)30-18/h1-9,12-13,20H,10-11H2,(H,24,25)/t20-/m1/s1. The molecular formula is C23H17N5O3. The van der Waals surface area contributed by atoms with Gasteiger partial charge in [-0.15, -0.1) is 10.2 Å². The van der Waals surface area contributed by atoms with Crippen LogP contribution in [0, 0.1) is 0 Å². The first-order valence-corrected chi connectivity index (χ1v) is 9.98. The van der Waals surface area contributed by atoms with Crippen LogP contribution in [0.2, 0.25) is 0 Å². The summed E-state index contributed by atoms with van der Waals surface area (Å²) in [5, 5.41) is 9.04. The minimum Gasteiger partial charge on any atom is -0.458 e. The van der Waals surface area contributed by atoms with Gasteiger partial charge < -0.3 is 18.7 Å². The molecule has 0 unspecified atom stereocenters. The van der Waals surface area contributed by atoms with E-state index in [0.717, 1.165) is 27.9 Å². The molecular weight excluding hydrogens is 394 g/mol. The van der Waals surface area contributed by atoms with Crippen LogP contribution in [0.1, 0.15) is 33.9 Å². The minimum absolute atomic E-state index is 0.0565. The Kier molecular flexibility index (Phi) is 3.95. The summed E-state index contributed by atoms with van der Waals surface area (Å²) < 4.78 is 11.8. The van der Waals surface area contributed by atoms with E-state index in [9.17, 15) is 4.79 Å². The van der Waals surface area contributed by atoms with E-state index in [1.165, 1.54) is 0 Å². The Hall–Kier alpha value is -4.20. The Morgan fingerprint density at radius 1 is 1.03 bits per heavy atom. The molecule has 0 bridgehead atoms. The van der Waals surface area contributed by atoms with E-state index < -0.39 is 6.04 Å². The van der Waals surface area contributed by atoms with Gasteiger partial charge in [0, 0.05) is 29.6 Å². The van der Waals surface area contributed by atoms with Crippen molar-refractivity contribution in [3.05, 3.63) is 90.0 Å². The number of para-hydroxylation sites is 1. The van der Waals surface area contributed by atoms with E-state index in [0.29, 0.717) is 24.6 Å². The number of imidazole rings is 1. The highest BCUT2D eigenvalue weighted by molar-refractivity contribution is 5.90. The van der Waals surface area contributed by atoms with Crippen LogP contribution in [0.5, 0.6) is 0 Å². The number of carbonyl (C=O) groups excluding carboxylic acids is 1. The molecule has 31 heavy (non-hydrogen) atoms. The summed E-state index contributed by atoms with van der Waals surface area (Å²) in [6, 6.07) is 18.6. The molecule has 1 atom stereocenters. The van der Waals surface area contributed by atoms with Crippen LogP contribution in [0.4, 0.5) is 0 Å². The predicted molar refractivity (Wildman–Crippen MR) is 111 cm³/mol. The number of amides is 1. The highest BCUT2D eigenvalue weighted by Crippen LogP contribution is 2.37. The molecule has 8 nitrogen and oxygen atoms in total. The van der Waals surface area contributed by atoms with Gasteiger partial charge in [-0.3, -0.25) is 4.79 Å². The number of aromatic amines is 1. The predicted octanol–water partition coefficient (Wildman–Crippen LogP) is 3.99. The van der Waals surface area contributed by atoms with E-state index in [2.05, 4.69) is 20.2 Å². The normalized spacial score (nSPS) is 15.9. The number of carbonyl (C=O) groups is 1. The third-order valence-electron chi connectivity index (χ3n) is 5.53. The molecule has 2 aromatic carbocycles. The number of fused-ring (bicyclic) bond motifs is 2. The van der Waals surface area contributed by atoms with Crippen molar-refractivity contribution >= 4 is 16.9 Å². The van der Waals surface area contributed by atoms with E-state index in [-0.39, 0.29) is 11.8 Å². The quantitative estimate of drug-likeness (QED) is 0.482. The number of nitrogens with one attached hydrogen (secondary N) is 1. The zero-order chi connectivity index (χ0) is 20.8. The number of hydrogen-bond donors (Lipinski definition) is 1. The van der Waals surface area contributed by atoms with Gasteiger partial charge in [-0.05, 0) is 24.3 Å². The van der Waals surface area contributed by atoms with Crippen molar-refractivity contribution in [1.82, 2.24) is 25.1 Å². The van der Waals surface area contributed by atoms with Crippen molar-refractivity contribution in [2.24, 2.45) is 0 Å². The molecule has 4 heterocycles. The molecule has 0 saturated heterocycles. The molecule has 5 aromatic rings. The SMILES string of the molecule is O=C(c1nnc(-c2ccccc2)o1)N1CCc2[nH]cnc2[C@H]1c1cc2ccccc2o1. The van der Waals surface area contributed by atoms with E-state index in [4.69, 9.17) is 8.83 Å². The maximum atomic E-state index is 13.4. The third-order valence-corrected chi connectivity index (χ3v) is 5.53. The summed E-state index contributed by atoms with van der Waals surface area (Å²) in [5.41, 5.74) is 3.28. The molecule has 0 aliphatic carbocycles. The van der Waals surface area contributed by atoms with Gasteiger partial charge in [-0.25, -0.2) is 4.98 Å². The van der Waals surface area contributed by atoms with Crippen LogP contribution in [0.15, 0.2) is 75.8 Å². The van der Waals surface area contributed by atoms with Gasteiger partial charge in [0.05, 0.1) is 12.0 Å². The molecule has 8 heteroatoms. The Bertz CT molecular complexity index is 1350. The van der Waals surface area contributed by atoms with Gasteiger partial charge in [0.15, 0.2) is 0 Å². The van der Waals surface area contributed by atoms with E-state index in [1.807, 2.05) is 60.7 Å². The second-order valence-corrected chi connectivity index (χ2v) is 7.38. The lowest BCUT2D eigenvalue weighted by atomic mass is 10.00. The monoisotopic (exact) mass is 411 g/mol. The van der Waals surface area contributed by atoms with Crippen LogP contribution in [-0.4, -0.2) is 37.5 Å².